The molecule has 1 unspecified atom stereocenters. The van der Waals surface area contributed by atoms with E-state index in [9.17, 15) is 9.59 Å². The molecular weight excluding hydrogens is 528 g/mol. The molecule has 7 heteroatoms. The van der Waals surface area contributed by atoms with E-state index in [1.807, 2.05) is 24.3 Å². The highest BCUT2D eigenvalue weighted by Gasteiger charge is 2.31. The number of halogens is 2. The molecule has 4 nitrogen and oxygen atoms in total. The van der Waals surface area contributed by atoms with Gasteiger partial charge in [-0.1, -0.05) is 44.7 Å². The molecule has 0 saturated carbocycles. The molecule has 1 aliphatic rings. The first-order valence-corrected chi connectivity index (χ1v) is 13.9. The van der Waals surface area contributed by atoms with Gasteiger partial charge in [0.05, 0.1) is 11.9 Å². The average Bonchev–Trinajstić information content (AvgIpc) is 2.77. The average molecular weight is 547 g/mol. The molecule has 0 radical (unpaired) electrons. The molecule has 22 heavy (non-hydrogen) atoms. The van der Waals surface area contributed by atoms with E-state index in [1.54, 1.807) is 0 Å². The third-order valence-electron chi connectivity index (χ3n) is 2.78. The van der Waals surface area contributed by atoms with E-state index in [1.165, 1.54) is 0 Å². The smallest absolute Gasteiger partial charge is 0.286 e. The van der Waals surface area contributed by atoms with Crippen molar-refractivity contribution in [3.8, 4) is 5.75 Å². The van der Waals surface area contributed by atoms with E-state index in [-0.39, 0.29) is 21.8 Å². The molecular formula is C15H19I2NO3S. The standard InChI is InChI=1S/C15H19NO3S.I2/c1-15(2,3)9-19-11-6-4-10(5-7-11)8-12-13(17)16-14(18)20-12;1-2/h4-7,12H,8-9H2,1-3H3,(H,16,17,18);. The lowest BCUT2D eigenvalue weighted by Gasteiger charge is -2.19. The van der Waals surface area contributed by atoms with Crippen LogP contribution in [-0.4, -0.2) is 23.0 Å². The zero-order valence-corrected chi connectivity index (χ0v) is 17.8. The summed E-state index contributed by atoms with van der Waals surface area (Å²) in [5.74, 6) is 0.622. The first kappa shape index (κ1) is 20.0. The molecule has 2 rings (SSSR count). The van der Waals surface area contributed by atoms with Gasteiger partial charge in [0.1, 0.15) is 5.75 Å². The summed E-state index contributed by atoms with van der Waals surface area (Å²) < 4.78 is 5.69. The van der Waals surface area contributed by atoms with Crippen molar-refractivity contribution in [1.82, 2.24) is 5.32 Å². The van der Waals surface area contributed by atoms with Crippen LogP contribution in [0.15, 0.2) is 24.3 Å². The van der Waals surface area contributed by atoms with Gasteiger partial charge in [-0.3, -0.25) is 14.9 Å². The summed E-state index contributed by atoms with van der Waals surface area (Å²) in [6.45, 7) is 7.01. The maximum atomic E-state index is 11.5. The minimum absolute atomic E-state index is 0.123. The van der Waals surface area contributed by atoms with Gasteiger partial charge in [-0.25, -0.2) is 0 Å². The third-order valence-corrected chi connectivity index (χ3v) is 3.76. The van der Waals surface area contributed by atoms with Gasteiger partial charge < -0.3 is 4.74 Å². The number of amides is 2. The zero-order chi connectivity index (χ0) is 16.8. The minimum Gasteiger partial charge on any atom is -0.493 e. The summed E-state index contributed by atoms with van der Waals surface area (Å²) in [6.07, 6.45) is 0.557. The van der Waals surface area contributed by atoms with Crippen LogP contribution in [0.25, 0.3) is 0 Å². The Hall–Kier alpha value is -0.0300. The molecule has 1 heterocycles. The quantitative estimate of drug-likeness (QED) is 0.552. The summed E-state index contributed by atoms with van der Waals surface area (Å²) in [6, 6.07) is 7.68. The number of thioether (sulfide) groups is 1. The minimum atomic E-state index is -0.316. The Morgan fingerprint density at radius 1 is 1.18 bits per heavy atom. The largest absolute Gasteiger partial charge is 0.493 e. The number of rotatable bonds is 4. The van der Waals surface area contributed by atoms with Crippen LogP contribution in [0.3, 0.4) is 0 Å². The van der Waals surface area contributed by atoms with Gasteiger partial charge in [-0.05, 0) is 29.5 Å². The molecule has 1 aromatic carbocycles. The Bertz CT molecular complexity index is 515. The van der Waals surface area contributed by atoms with Gasteiger partial charge >= 0.3 is 0 Å². The number of nitrogens with one attached hydrogen (secondary N) is 1. The molecule has 1 saturated heterocycles. The van der Waals surface area contributed by atoms with Crippen LogP contribution in [0.5, 0.6) is 5.75 Å². The van der Waals surface area contributed by atoms with Crippen LogP contribution in [0.2, 0.25) is 0 Å². The van der Waals surface area contributed by atoms with Crippen LogP contribution in [0, 0.1) is 5.41 Å². The lowest BCUT2D eigenvalue weighted by molar-refractivity contribution is -0.118. The first-order chi connectivity index (χ1) is 10.3. The van der Waals surface area contributed by atoms with Gasteiger partial charge in [-0.2, -0.15) is 0 Å². The number of hydrogen-bond acceptors (Lipinski definition) is 4. The topological polar surface area (TPSA) is 55.4 Å². The molecule has 1 aromatic rings. The summed E-state index contributed by atoms with van der Waals surface area (Å²) >= 11 is 5.30. The number of benzene rings is 1. The van der Waals surface area contributed by atoms with E-state index in [0.29, 0.717) is 13.0 Å². The molecule has 1 fully saturated rings. The van der Waals surface area contributed by atoms with Crippen molar-refractivity contribution in [3.05, 3.63) is 29.8 Å². The van der Waals surface area contributed by atoms with Gasteiger partial charge in [0, 0.05) is 37.2 Å². The van der Waals surface area contributed by atoms with Crippen LogP contribution in [0.1, 0.15) is 26.3 Å². The Morgan fingerprint density at radius 3 is 2.23 bits per heavy atom. The second-order valence-electron chi connectivity index (χ2n) is 6.08. The number of carbonyl (C=O) groups is 2. The predicted octanol–water partition coefficient (Wildman–Crippen LogP) is 4.78. The van der Waals surface area contributed by atoms with Crippen molar-refractivity contribution >= 4 is 60.1 Å². The van der Waals surface area contributed by atoms with Crippen molar-refractivity contribution in [2.45, 2.75) is 32.4 Å². The fourth-order valence-corrected chi connectivity index (χ4v) is 2.62. The van der Waals surface area contributed by atoms with Crippen LogP contribution >= 0.6 is 49.0 Å². The summed E-state index contributed by atoms with van der Waals surface area (Å²) in [4.78, 5) is 22.6. The van der Waals surface area contributed by atoms with Gasteiger partial charge in [0.25, 0.3) is 5.24 Å². The fraction of sp³-hybridized carbons (Fsp3) is 0.467. The number of imide groups is 1. The Balaban J connectivity index is 0.00000116. The molecule has 0 spiro atoms. The highest BCUT2D eigenvalue weighted by molar-refractivity contribution is 15.0. The van der Waals surface area contributed by atoms with Crippen molar-refractivity contribution in [2.24, 2.45) is 5.41 Å². The second kappa shape index (κ2) is 9.31. The molecule has 0 bridgehead atoms. The third kappa shape index (κ3) is 7.03. The van der Waals surface area contributed by atoms with Crippen LogP contribution in [-0.2, 0) is 11.2 Å². The highest BCUT2D eigenvalue weighted by atomic mass is 128. The number of hydrogen-bond donors (Lipinski definition) is 1. The van der Waals surface area contributed by atoms with Crippen LogP contribution in [0.4, 0.5) is 4.79 Å². The molecule has 1 aliphatic heterocycles. The molecule has 0 aliphatic carbocycles. The monoisotopic (exact) mass is 547 g/mol. The molecule has 1 atom stereocenters. The second-order valence-corrected chi connectivity index (χ2v) is 7.26. The SMILES string of the molecule is CC(C)(C)COc1ccc(CC2SC(=O)NC2=O)cc1.II. The van der Waals surface area contributed by atoms with E-state index in [2.05, 4.69) is 63.3 Å². The van der Waals surface area contributed by atoms with E-state index >= 15 is 0 Å². The van der Waals surface area contributed by atoms with Crippen molar-refractivity contribution in [1.29, 1.82) is 0 Å². The Labute approximate surface area is 158 Å². The van der Waals surface area contributed by atoms with E-state index in [0.717, 1.165) is 23.1 Å². The van der Waals surface area contributed by atoms with Gasteiger partial charge in [0.2, 0.25) is 5.91 Å². The molecule has 2 amide bonds. The highest BCUT2D eigenvalue weighted by Crippen LogP contribution is 2.24. The van der Waals surface area contributed by atoms with Gasteiger partial charge in [-0.15, -0.1) is 0 Å². The van der Waals surface area contributed by atoms with Crippen molar-refractivity contribution < 1.29 is 14.3 Å². The van der Waals surface area contributed by atoms with Crippen molar-refractivity contribution in [3.63, 3.8) is 0 Å². The number of carbonyl (C=O) groups excluding carboxylic acids is 2. The normalized spacial score (nSPS) is 17.6. The zero-order valence-electron chi connectivity index (χ0n) is 12.7. The summed E-state index contributed by atoms with van der Waals surface area (Å²) in [7, 11) is 0. The fourth-order valence-electron chi connectivity index (χ4n) is 1.76. The maximum absolute atomic E-state index is 11.5. The molecule has 122 valence electrons. The Kier molecular flexibility index (Phi) is 8.47. The van der Waals surface area contributed by atoms with E-state index < -0.39 is 0 Å². The lowest BCUT2D eigenvalue weighted by atomic mass is 9.99. The van der Waals surface area contributed by atoms with Crippen molar-refractivity contribution in [2.75, 3.05) is 6.61 Å². The van der Waals surface area contributed by atoms with Gasteiger partial charge in [0.15, 0.2) is 0 Å². The lowest BCUT2D eigenvalue weighted by Crippen LogP contribution is -2.25. The first-order valence-electron chi connectivity index (χ1n) is 6.71. The predicted molar refractivity (Wildman–Crippen MR) is 108 cm³/mol. The van der Waals surface area contributed by atoms with Crippen LogP contribution < -0.4 is 10.1 Å². The van der Waals surface area contributed by atoms with E-state index in [4.69, 9.17) is 4.74 Å². The summed E-state index contributed by atoms with van der Waals surface area (Å²) in [5, 5.41) is 1.72. The maximum Gasteiger partial charge on any atom is 0.286 e. The molecule has 1 N–H and O–H groups in total. The molecule has 0 aromatic heterocycles. The number of ether oxygens (including phenoxy) is 1. The summed E-state index contributed by atoms with van der Waals surface area (Å²) in [5.41, 5.74) is 1.15. The Morgan fingerprint density at radius 2 is 1.77 bits per heavy atom.